The molecule has 0 unspecified atom stereocenters. The lowest BCUT2D eigenvalue weighted by atomic mass is 10.2. The van der Waals surface area contributed by atoms with Gasteiger partial charge in [0, 0.05) is 30.6 Å². The van der Waals surface area contributed by atoms with Gasteiger partial charge in [-0.1, -0.05) is 0 Å². The molecule has 0 aliphatic heterocycles. The van der Waals surface area contributed by atoms with E-state index in [0.29, 0.717) is 18.5 Å². The van der Waals surface area contributed by atoms with Crippen molar-refractivity contribution in [3.63, 3.8) is 0 Å². The van der Waals surface area contributed by atoms with Crippen LogP contribution in [0.2, 0.25) is 0 Å². The smallest absolute Gasteiger partial charge is 0.263 e. The molecule has 0 aliphatic carbocycles. The molecule has 0 radical (unpaired) electrons. The van der Waals surface area contributed by atoms with E-state index < -0.39 is 0 Å². The van der Waals surface area contributed by atoms with Gasteiger partial charge < -0.3 is 5.73 Å². The highest BCUT2D eigenvalue weighted by atomic mass is 16.2. The van der Waals surface area contributed by atoms with Gasteiger partial charge in [-0.3, -0.25) is 14.3 Å². The molecule has 0 aliphatic rings. The molecular weight excluding hydrogens is 204 g/mol. The first kappa shape index (κ1) is 10.5. The second-order valence-corrected chi connectivity index (χ2v) is 3.35. The molecule has 2 rings (SSSR count). The van der Waals surface area contributed by atoms with Gasteiger partial charge in [-0.2, -0.15) is 0 Å². The molecule has 0 atom stereocenters. The van der Waals surface area contributed by atoms with Gasteiger partial charge in [-0.25, -0.2) is 4.98 Å². The number of nitrogens with zero attached hydrogens (tertiary/aromatic N) is 3. The van der Waals surface area contributed by atoms with E-state index in [1.54, 1.807) is 30.7 Å². The van der Waals surface area contributed by atoms with Crippen molar-refractivity contribution in [1.82, 2.24) is 14.5 Å². The lowest BCUT2D eigenvalue weighted by molar-refractivity contribution is 0.0959. The van der Waals surface area contributed by atoms with Crippen molar-refractivity contribution in [1.29, 1.82) is 0 Å². The average molecular weight is 216 g/mol. The van der Waals surface area contributed by atoms with Crippen LogP contribution in [0.3, 0.4) is 0 Å². The molecule has 0 amide bonds. The first-order valence-electron chi connectivity index (χ1n) is 4.99. The van der Waals surface area contributed by atoms with Crippen molar-refractivity contribution in [2.45, 2.75) is 6.42 Å². The topological polar surface area (TPSA) is 73.8 Å². The SMILES string of the molecule is NCCc1cn(C(=O)c2ccncc2)cn1. The molecular formula is C11H12N4O. The van der Waals surface area contributed by atoms with Gasteiger partial charge in [0.2, 0.25) is 0 Å². The Labute approximate surface area is 92.9 Å². The Morgan fingerprint density at radius 2 is 2.12 bits per heavy atom. The summed E-state index contributed by atoms with van der Waals surface area (Å²) in [6, 6.07) is 3.34. The Bertz CT molecular complexity index is 478. The lowest BCUT2D eigenvalue weighted by Crippen LogP contribution is -2.09. The molecule has 2 aromatic rings. The molecule has 2 heterocycles. The minimum Gasteiger partial charge on any atom is -0.330 e. The third-order valence-corrected chi connectivity index (χ3v) is 2.20. The standard InChI is InChI=1S/C11H12N4O/c12-4-1-10-7-15(8-14-10)11(16)9-2-5-13-6-3-9/h2-3,5-8H,1,4,12H2. The highest BCUT2D eigenvalue weighted by Gasteiger charge is 2.08. The summed E-state index contributed by atoms with van der Waals surface area (Å²) in [5.74, 6) is -0.113. The van der Waals surface area contributed by atoms with E-state index in [1.165, 1.54) is 10.9 Å². The number of aromatic nitrogens is 3. The third-order valence-electron chi connectivity index (χ3n) is 2.20. The van der Waals surface area contributed by atoms with Crippen LogP contribution in [0.15, 0.2) is 37.1 Å². The van der Waals surface area contributed by atoms with E-state index in [0.717, 1.165) is 5.69 Å². The molecule has 5 nitrogen and oxygen atoms in total. The molecule has 0 saturated heterocycles. The summed E-state index contributed by atoms with van der Waals surface area (Å²) in [4.78, 5) is 19.9. The zero-order valence-corrected chi connectivity index (χ0v) is 8.71. The molecule has 2 N–H and O–H groups in total. The Morgan fingerprint density at radius 3 is 2.81 bits per heavy atom. The summed E-state index contributed by atoms with van der Waals surface area (Å²) in [6.45, 7) is 0.528. The van der Waals surface area contributed by atoms with Crippen molar-refractivity contribution in [3.05, 3.63) is 48.3 Å². The quantitative estimate of drug-likeness (QED) is 0.809. The molecule has 2 aromatic heterocycles. The second kappa shape index (κ2) is 4.67. The van der Waals surface area contributed by atoms with Gasteiger partial charge in [0.25, 0.3) is 5.91 Å². The molecule has 5 heteroatoms. The molecule has 0 spiro atoms. The Morgan fingerprint density at radius 1 is 1.38 bits per heavy atom. The molecule has 0 bridgehead atoms. The summed E-state index contributed by atoms with van der Waals surface area (Å²) >= 11 is 0. The van der Waals surface area contributed by atoms with E-state index in [1.807, 2.05) is 0 Å². The zero-order chi connectivity index (χ0) is 11.4. The summed E-state index contributed by atoms with van der Waals surface area (Å²) in [7, 11) is 0. The van der Waals surface area contributed by atoms with Gasteiger partial charge in [-0.05, 0) is 18.7 Å². The fraction of sp³-hybridized carbons (Fsp3) is 0.182. The maximum absolute atomic E-state index is 11.9. The van der Waals surface area contributed by atoms with Crippen LogP contribution in [0.1, 0.15) is 16.1 Å². The third kappa shape index (κ3) is 2.14. The van der Waals surface area contributed by atoms with Gasteiger partial charge >= 0.3 is 0 Å². The van der Waals surface area contributed by atoms with E-state index in [9.17, 15) is 4.79 Å². The second-order valence-electron chi connectivity index (χ2n) is 3.35. The van der Waals surface area contributed by atoms with Gasteiger partial charge in [0.1, 0.15) is 6.33 Å². The van der Waals surface area contributed by atoms with Crippen molar-refractivity contribution >= 4 is 5.91 Å². The predicted octanol–water partition coefficient (Wildman–Crippen LogP) is 0.468. The Kier molecular flexibility index (Phi) is 3.07. The van der Waals surface area contributed by atoms with Gasteiger partial charge in [0.05, 0.1) is 5.69 Å². The van der Waals surface area contributed by atoms with Crippen molar-refractivity contribution in [3.8, 4) is 0 Å². The first-order valence-corrected chi connectivity index (χ1v) is 4.99. The van der Waals surface area contributed by atoms with Crippen LogP contribution in [-0.4, -0.2) is 27.0 Å². The molecule has 0 fully saturated rings. The number of pyridine rings is 1. The first-order chi connectivity index (χ1) is 7.81. The molecule has 0 aromatic carbocycles. The Hall–Kier alpha value is -2.01. The van der Waals surface area contributed by atoms with Crippen LogP contribution < -0.4 is 5.73 Å². The summed E-state index contributed by atoms with van der Waals surface area (Å²) in [5.41, 5.74) is 6.83. The van der Waals surface area contributed by atoms with E-state index in [2.05, 4.69) is 9.97 Å². The van der Waals surface area contributed by atoms with Crippen molar-refractivity contribution < 1.29 is 4.79 Å². The fourth-order valence-electron chi connectivity index (χ4n) is 1.40. The van der Waals surface area contributed by atoms with Crippen LogP contribution >= 0.6 is 0 Å². The summed E-state index contributed by atoms with van der Waals surface area (Å²) in [5, 5.41) is 0. The minimum atomic E-state index is -0.113. The van der Waals surface area contributed by atoms with E-state index in [-0.39, 0.29) is 5.91 Å². The van der Waals surface area contributed by atoms with Crippen LogP contribution in [0.5, 0.6) is 0 Å². The maximum atomic E-state index is 11.9. The fourth-order valence-corrected chi connectivity index (χ4v) is 1.40. The average Bonchev–Trinajstić information content (AvgIpc) is 2.78. The number of hydrogen-bond donors (Lipinski definition) is 1. The normalized spacial score (nSPS) is 10.3. The van der Waals surface area contributed by atoms with Crippen LogP contribution in [-0.2, 0) is 6.42 Å². The summed E-state index contributed by atoms with van der Waals surface area (Å²) < 4.78 is 1.46. The largest absolute Gasteiger partial charge is 0.330 e. The number of carbonyl (C=O) groups excluding carboxylic acids is 1. The highest BCUT2D eigenvalue weighted by Crippen LogP contribution is 2.03. The monoisotopic (exact) mass is 216 g/mol. The highest BCUT2D eigenvalue weighted by molar-refractivity contribution is 5.95. The lowest BCUT2D eigenvalue weighted by Gasteiger charge is -1.99. The van der Waals surface area contributed by atoms with Crippen molar-refractivity contribution in [2.75, 3.05) is 6.54 Å². The zero-order valence-electron chi connectivity index (χ0n) is 8.71. The number of rotatable bonds is 3. The van der Waals surface area contributed by atoms with E-state index in [4.69, 9.17) is 5.73 Å². The molecule has 16 heavy (non-hydrogen) atoms. The number of imidazole rings is 1. The minimum absolute atomic E-state index is 0.113. The molecule has 0 saturated carbocycles. The summed E-state index contributed by atoms with van der Waals surface area (Å²) in [6.07, 6.45) is 7.07. The predicted molar refractivity (Wildman–Crippen MR) is 59.0 cm³/mol. The van der Waals surface area contributed by atoms with Crippen LogP contribution in [0.25, 0.3) is 0 Å². The van der Waals surface area contributed by atoms with Crippen molar-refractivity contribution in [2.24, 2.45) is 5.73 Å². The van der Waals surface area contributed by atoms with Gasteiger partial charge in [0.15, 0.2) is 0 Å². The molecule has 82 valence electrons. The van der Waals surface area contributed by atoms with E-state index >= 15 is 0 Å². The number of carbonyl (C=O) groups is 1. The number of nitrogens with two attached hydrogens (primary N) is 1. The van der Waals surface area contributed by atoms with Crippen LogP contribution in [0, 0.1) is 0 Å². The number of hydrogen-bond acceptors (Lipinski definition) is 4. The van der Waals surface area contributed by atoms with Gasteiger partial charge in [-0.15, -0.1) is 0 Å². The van der Waals surface area contributed by atoms with Crippen LogP contribution in [0.4, 0.5) is 0 Å². The Balaban J connectivity index is 2.21. The maximum Gasteiger partial charge on any atom is 0.263 e.